The normalized spacial score (nSPS) is 10.6. The molecule has 146 valence electrons. The Bertz CT molecular complexity index is 883. The van der Waals surface area contributed by atoms with Crippen molar-refractivity contribution >= 4 is 11.7 Å². The Morgan fingerprint density at radius 3 is 2.86 bits per heavy atom. The lowest BCUT2D eigenvalue weighted by atomic mass is 10.2. The molecule has 0 unspecified atom stereocenters. The maximum Gasteiger partial charge on any atom is 0.319 e. The van der Waals surface area contributed by atoms with Gasteiger partial charge in [-0.05, 0) is 41.5 Å². The number of pyridine rings is 1. The Morgan fingerprint density at radius 1 is 1.11 bits per heavy atom. The molecular weight excluding hydrogens is 358 g/mol. The second-order valence-electron chi connectivity index (χ2n) is 6.03. The van der Waals surface area contributed by atoms with Gasteiger partial charge in [-0.1, -0.05) is 12.1 Å². The molecule has 2 amide bonds. The first-order valence-electron chi connectivity index (χ1n) is 8.90. The second kappa shape index (κ2) is 10.2. The van der Waals surface area contributed by atoms with Gasteiger partial charge in [-0.3, -0.25) is 0 Å². The third-order valence-electron chi connectivity index (χ3n) is 3.89. The number of carbonyl (C=O) groups excluding carboxylic acids is 1. The van der Waals surface area contributed by atoms with Crippen molar-refractivity contribution in [1.29, 1.82) is 0 Å². The molecule has 0 radical (unpaired) electrons. The molecule has 8 heteroatoms. The summed E-state index contributed by atoms with van der Waals surface area (Å²) in [5, 5.41) is 9.83. The SMILES string of the molecule is COCCOCc1cccc(NC(=O)NCc2ccnc(-n3cccn3)c2)c1. The highest BCUT2D eigenvalue weighted by molar-refractivity contribution is 5.89. The van der Waals surface area contributed by atoms with Gasteiger partial charge in [0, 0.05) is 37.9 Å². The summed E-state index contributed by atoms with van der Waals surface area (Å²) in [6.45, 7) is 1.93. The molecule has 0 saturated heterocycles. The van der Waals surface area contributed by atoms with E-state index in [0.29, 0.717) is 37.9 Å². The molecule has 28 heavy (non-hydrogen) atoms. The van der Waals surface area contributed by atoms with Gasteiger partial charge in [0.1, 0.15) is 0 Å². The zero-order valence-corrected chi connectivity index (χ0v) is 15.7. The molecule has 0 aliphatic rings. The minimum absolute atomic E-state index is 0.282. The van der Waals surface area contributed by atoms with Crippen LogP contribution in [0.4, 0.5) is 10.5 Å². The summed E-state index contributed by atoms with van der Waals surface area (Å²) < 4.78 is 12.1. The minimum atomic E-state index is -0.282. The Kier molecular flexibility index (Phi) is 7.11. The summed E-state index contributed by atoms with van der Waals surface area (Å²) in [6.07, 6.45) is 5.20. The van der Waals surface area contributed by atoms with Gasteiger partial charge >= 0.3 is 6.03 Å². The summed E-state index contributed by atoms with van der Waals surface area (Å²) >= 11 is 0. The van der Waals surface area contributed by atoms with E-state index < -0.39 is 0 Å². The van der Waals surface area contributed by atoms with E-state index in [9.17, 15) is 4.79 Å². The zero-order chi connectivity index (χ0) is 19.6. The molecule has 1 aromatic carbocycles. The summed E-state index contributed by atoms with van der Waals surface area (Å²) in [5.74, 6) is 0.700. The lowest BCUT2D eigenvalue weighted by Gasteiger charge is -2.10. The maximum atomic E-state index is 12.2. The molecule has 2 aromatic heterocycles. The van der Waals surface area contributed by atoms with Crippen molar-refractivity contribution in [2.24, 2.45) is 0 Å². The third-order valence-corrected chi connectivity index (χ3v) is 3.89. The van der Waals surface area contributed by atoms with Gasteiger partial charge in [0.25, 0.3) is 0 Å². The van der Waals surface area contributed by atoms with Crippen LogP contribution in [-0.2, 0) is 22.6 Å². The summed E-state index contributed by atoms with van der Waals surface area (Å²) in [7, 11) is 1.64. The molecule has 0 atom stereocenters. The van der Waals surface area contributed by atoms with E-state index in [1.165, 1.54) is 0 Å². The first kappa shape index (κ1) is 19.5. The van der Waals surface area contributed by atoms with Crippen LogP contribution in [0, 0.1) is 0 Å². The first-order valence-corrected chi connectivity index (χ1v) is 8.90. The monoisotopic (exact) mass is 381 g/mol. The van der Waals surface area contributed by atoms with Gasteiger partial charge in [-0.25, -0.2) is 14.5 Å². The van der Waals surface area contributed by atoms with E-state index in [1.54, 1.807) is 24.2 Å². The van der Waals surface area contributed by atoms with E-state index in [2.05, 4.69) is 20.7 Å². The second-order valence-corrected chi connectivity index (χ2v) is 6.03. The predicted octanol–water partition coefficient (Wildman–Crippen LogP) is 2.75. The van der Waals surface area contributed by atoms with Gasteiger partial charge in [0.15, 0.2) is 5.82 Å². The van der Waals surface area contributed by atoms with Crippen LogP contribution in [0.3, 0.4) is 0 Å². The molecule has 2 N–H and O–H groups in total. The number of urea groups is 1. The maximum absolute atomic E-state index is 12.2. The molecule has 0 aliphatic carbocycles. The molecular formula is C20H23N5O3. The number of aromatic nitrogens is 3. The number of hydrogen-bond acceptors (Lipinski definition) is 5. The summed E-state index contributed by atoms with van der Waals surface area (Å²) in [5.41, 5.74) is 2.61. The fourth-order valence-corrected chi connectivity index (χ4v) is 2.53. The highest BCUT2D eigenvalue weighted by Gasteiger charge is 2.05. The lowest BCUT2D eigenvalue weighted by Crippen LogP contribution is -2.28. The standard InChI is InChI=1S/C20H23N5O3/c1-27-10-11-28-15-17-4-2-5-18(12-17)24-20(26)22-14-16-6-8-21-19(13-16)25-9-3-7-23-25/h2-9,12-13H,10-11,14-15H2,1H3,(H2,22,24,26). The molecule has 0 fully saturated rings. The van der Waals surface area contributed by atoms with Crippen molar-refractivity contribution in [2.45, 2.75) is 13.2 Å². The Hall–Kier alpha value is -3.23. The Balaban J connectivity index is 1.50. The number of nitrogens with one attached hydrogen (secondary N) is 2. The Labute approximate surface area is 163 Å². The zero-order valence-electron chi connectivity index (χ0n) is 15.7. The minimum Gasteiger partial charge on any atom is -0.382 e. The van der Waals surface area contributed by atoms with Crippen molar-refractivity contribution in [3.8, 4) is 5.82 Å². The van der Waals surface area contributed by atoms with Gasteiger partial charge in [-0.2, -0.15) is 5.10 Å². The van der Waals surface area contributed by atoms with E-state index >= 15 is 0 Å². The van der Waals surface area contributed by atoms with Crippen LogP contribution in [0.1, 0.15) is 11.1 Å². The number of anilines is 1. The van der Waals surface area contributed by atoms with Crippen LogP contribution in [-0.4, -0.2) is 41.1 Å². The average molecular weight is 381 g/mol. The quantitative estimate of drug-likeness (QED) is 0.556. The Morgan fingerprint density at radius 2 is 2.04 bits per heavy atom. The fraction of sp³-hybridized carbons (Fsp3) is 0.250. The molecule has 2 heterocycles. The fourth-order valence-electron chi connectivity index (χ4n) is 2.53. The van der Waals surface area contributed by atoms with E-state index in [4.69, 9.17) is 9.47 Å². The summed E-state index contributed by atoms with van der Waals surface area (Å²) in [4.78, 5) is 16.5. The van der Waals surface area contributed by atoms with Gasteiger partial charge in [-0.15, -0.1) is 0 Å². The predicted molar refractivity (Wildman–Crippen MR) is 105 cm³/mol. The highest BCUT2D eigenvalue weighted by atomic mass is 16.5. The summed E-state index contributed by atoms with van der Waals surface area (Å²) in [6, 6.07) is 12.8. The van der Waals surface area contributed by atoms with Crippen molar-refractivity contribution in [3.63, 3.8) is 0 Å². The van der Waals surface area contributed by atoms with Crippen LogP contribution in [0.15, 0.2) is 61.1 Å². The van der Waals surface area contributed by atoms with Crippen LogP contribution < -0.4 is 10.6 Å². The number of ether oxygens (including phenoxy) is 2. The van der Waals surface area contributed by atoms with Crippen LogP contribution in [0.5, 0.6) is 0 Å². The van der Waals surface area contributed by atoms with Crippen molar-refractivity contribution < 1.29 is 14.3 Å². The number of benzene rings is 1. The van der Waals surface area contributed by atoms with Gasteiger partial charge in [0.2, 0.25) is 0 Å². The van der Waals surface area contributed by atoms with Crippen molar-refractivity contribution in [2.75, 3.05) is 25.6 Å². The van der Waals surface area contributed by atoms with E-state index in [0.717, 1.165) is 11.1 Å². The number of carbonyl (C=O) groups is 1. The lowest BCUT2D eigenvalue weighted by molar-refractivity contribution is 0.0617. The number of methoxy groups -OCH3 is 1. The molecule has 0 saturated carbocycles. The number of amides is 2. The first-order chi connectivity index (χ1) is 13.7. The molecule has 3 aromatic rings. The number of nitrogens with zero attached hydrogens (tertiary/aromatic N) is 3. The van der Waals surface area contributed by atoms with E-state index in [-0.39, 0.29) is 6.03 Å². The van der Waals surface area contributed by atoms with Crippen molar-refractivity contribution in [3.05, 3.63) is 72.2 Å². The smallest absolute Gasteiger partial charge is 0.319 e. The van der Waals surface area contributed by atoms with Crippen molar-refractivity contribution in [1.82, 2.24) is 20.1 Å². The number of rotatable bonds is 9. The van der Waals surface area contributed by atoms with Crippen LogP contribution in [0.2, 0.25) is 0 Å². The van der Waals surface area contributed by atoms with E-state index in [1.807, 2.05) is 48.7 Å². The highest BCUT2D eigenvalue weighted by Crippen LogP contribution is 2.12. The van der Waals surface area contributed by atoms with Gasteiger partial charge < -0.3 is 20.1 Å². The molecule has 0 spiro atoms. The molecule has 0 aliphatic heterocycles. The number of hydrogen-bond donors (Lipinski definition) is 2. The molecule has 0 bridgehead atoms. The molecule has 8 nitrogen and oxygen atoms in total. The van der Waals surface area contributed by atoms with Gasteiger partial charge in [0.05, 0.1) is 19.8 Å². The van der Waals surface area contributed by atoms with Crippen LogP contribution >= 0.6 is 0 Å². The topological polar surface area (TPSA) is 90.3 Å². The largest absolute Gasteiger partial charge is 0.382 e. The average Bonchev–Trinajstić information content (AvgIpc) is 3.25. The molecule has 3 rings (SSSR count). The third kappa shape index (κ3) is 5.90. The van der Waals surface area contributed by atoms with Crippen LogP contribution in [0.25, 0.3) is 5.82 Å².